The average molecular weight is 271 g/mol. The summed E-state index contributed by atoms with van der Waals surface area (Å²) in [5.41, 5.74) is 4.87. The van der Waals surface area contributed by atoms with Gasteiger partial charge in [-0.15, -0.1) is 0 Å². The number of carbonyl (C=O) groups excluding carboxylic acids is 1. The summed E-state index contributed by atoms with van der Waals surface area (Å²) in [4.78, 5) is 13.8. The van der Waals surface area contributed by atoms with Crippen LogP contribution in [0.3, 0.4) is 0 Å². The highest BCUT2D eigenvalue weighted by atomic mass is 16.5. The molecule has 5 heteroatoms. The molecule has 0 aromatic rings. The monoisotopic (exact) mass is 271 g/mol. The molecule has 1 aliphatic heterocycles. The molecule has 1 heterocycles. The van der Waals surface area contributed by atoms with Crippen LogP contribution in [0.4, 0.5) is 0 Å². The Morgan fingerprint density at radius 2 is 2.26 bits per heavy atom. The van der Waals surface area contributed by atoms with Crippen molar-refractivity contribution in [1.29, 1.82) is 0 Å². The van der Waals surface area contributed by atoms with Crippen LogP contribution in [-0.2, 0) is 9.53 Å². The largest absolute Gasteiger partial charge is 0.377 e. The van der Waals surface area contributed by atoms with Gasteiger partial charge in [-0.05, 0) is 46.2 Å². The smallest absolute Gasteiger partial charge is 0.237 e. The lowest BCUT2D eigenvalue weighted by atomic mass is 9.96. The summed E-state index contributed by atoms with van der Waals surface area (Å²) in [7, 11) is 2.07. The molecule has 1 amide bonds. The zero-order chi connectivity index (χ0) is 14.3. The molecule has 3 N–H and O–H groups in total. The molecule has 0 aromatic heterocycles. The van der Waals surface area contributed by atoms with Crippen molar-refractivity contribution >= 4 is 5.91 Å². The second-order valence-corrected chi connectivity index (χ2v) is 5.73. The number of amides is 1. The Bertz CT molecular complexity index is 280. The van der Waals surface area contributed by atoms with Crippen molar-refractivity contribution in [2.75, 3.05) is 33.3 Å². The van der Waals surface area contributed by atoms with Crippen LogP contribution < -0.4 is 11.1 Å². The van der Waals surface area contributed by atoms with Crippen molar-refractivity contribution in [2.45, 2.75) is 51.2 Å². The quantitative estimate of drug-likeness (QED) is 0.683. The van der Waals surface area contributed by atoms with E-state index in [1.165, 1.54) is 12.8 Å². The standard InChI is InChI=1S/C14H29N3O2/c1-4-16-14(2,13(15)18)8-9-17(3)11-12-7-5-6-10-19-12/h12,16H,4-11H2,1-3H3,(H2,15,18). The van der Waals surface area contributed by atoms with Gasteiger partial charge in [0, 0.05) is 19.7 Å². The third-order valence-electron chi connectivity index (χ3n) is 3.89. The number of nitrogens with two attached hydrogens (primary N) is 1. The van der Waals surface area contributed by atoms with Crippen molar-refractivity contribution in [3.05, 3.63) is 0 Å². The van der Waals surface area contributed by atoms with Crippen LogP contribution in [0.1, 0.15) is 39.5 Å². The van der Waals surface area contributed by atoms with Crippen LogP contribution in [0.15, 0.2) is 0 Å². The second-order valence-electron chi connectivity index (χ2n) is 5.73. The van der Waals surface area contributed by atoms with Gasteiger partial charge in [-0.1, -0.05) is 6.92 Å². The van der Waals surface area contributed by atoms with Crippen molar-refractivity contribution in [1.82, 2.24) is 10.2 Å². The molecule has 0 bridgehead atoms. The molecule has 1 aliphatic rings. The minimum Gasteiger partial charge on any atom is -0.377 e. The number of hydrogen-bond acceptors (Lipinski definition) is 4. The predicted octanol–water partition coefficient (Wildman–Crippen LogP) is 0.731. The van der Waals surface area contributed by atoms with E-state index in [4.69, 9.17) is 10.5 Å². The number of nitrogens with zero attached hydrogens (tertiary/aromatic N) is 1. The minimum absolute atomic E-state index is 0.281. The second kappa shape index (κ2) is 7.82. The van der Waals surface area contributed by atoms with E-state index in [1.54, 1.807) is 0 Å². The van der Waals surface area contributed by atoms with Crippen LogP contribution in [0.25, 0.3) is 0 Å². The zero-order valence-corrected chi connectivity index (χ0v) is 12.6. The highest BCUT2D eigenvalue weighted by Gasteiger charge is 2.30. The molecule has 0 radical (unpaired) electrons. The number of likely N-dealkylation sites (N-methyl/N-ethyl adjacent to an activating group) is 2. The SMILES string of the molecule is CCNC(C)(CCN(C)CC1CCCCO1)C(N)=O. The number of rotatable bonds is 8. The van der Waals surface area contributed by atoms with E-state index < -0.39 is 5.54 Å². The molecule has 0 aromatic carbocycles. The number of ether oxygens (including phenoxy) is 1. The van der Waals surface area contributed by atoms with E-state index in [0.717, 1.165) is 39.1 Å². The fourth-order valence-electron chi connectivity index (χ4n) is 2.49. The Hall–Kier alpha value is -0.650. The molecule has 112 valence electrons. The molecule has 2 unspecified atom stereocenters. The molecule has 19 heavy (non-hydrogen) atoms. The number of nitrogens with one attached hydrogen (secondary N) is 1. The van der Waals surface area contributed by atoms with E-state index >= 15 is 0 Å². The lowest BCUT2D eigenvalue weighted by Crippen LogP contribution is -2.54. The van der Waals surface area contributed by atoms with Gasteiger partial charge in [-0.25, -0.2) is 0 Å². The summed E-state index contributed by atoms with van der Waals surface area (Å²) in [6, 6.07) is 0. The predicted molar refractivity (Wildman–Crippen MR) is 77.0 cm³/mol. The van der Waals surface area contributed by atoms with Crippen molar-refractivity contribution in [3.8, 4) is 0 Å². The van der Waals surface area contributed by atoms with Crippen molar-refractivity contribution < 1.29 is 9.53 Å². The molecule has 5 nitrogen and oxygen atoms in total. The molecule has 0 spiro atoms. The summed E-state index contributed by atoms with van der Waals surface area (Å²) in [6.07, 6.45) is 4.65. The highest BCUT2D eigenvalue weighted by molar-refractivity contribution is 5.84. The molecule has 1 rings (SSSR count). The van der Waals surface area contributed by atoms with Gasteiger partial charge in [-0.3, -0.25) is 4.79 Å². The first-order valence-corrected chi connectivity index (χ1v) is 7.33. The summed E-state index contributed by atoms with van der Waals surface area (Å²) in [5.74, 6) is -0.281. The normalized spacial score (nSPS) is 23.3. The van der Waals surface area contributed by atoms with Gasteiger partial charge in [-0.2, -0.15) is 0 Å². The Labute approximate surface area is 116 Å². The van der Waals surface area contributed by atoms with Crippen molar-refractivity contribution in [3.63, 3.8) is 0 Å². The van der Waals surface area contributed by atoms with Gasteiger partial charge in [0.2, 0.25) is 5.91 Å². The molecule has 0 aliphatic carbocycles. The van der Waals surface area contributed by atoms with Crippen LogP contribution in [-0.4, -0.2) is 55.7 Å². The number of primary amides is 1. The highest BCUT2D eigenvalue weighted by Crippen LogP contribution is 2.15. The van der Waals surface area contributed by atoms with E-state index in [-0.39, 0.29) is 5.91 Å². The van der Waals surface area contributed by atoms with E-state index in [0.29, 0.717) is 6.10 Å². The van der Waals surface area contributed by atoms with Crippen molar-refractivity contribution in [2.24, 2.45) is 5.73 Å². The van der Waals surface area contributed by atoms with Gasteiger partial charge < -0.3 is 20.7 Å². The maximum absolute atomic E-state index is 11.5. The fraction of sp³-hybridized carbons (Fsp3) is 0.929. The van der Waals surface area contributed by atoms with Gasteiger partial charge in [0.1, 0.15) is 0 Å². The Morgan fingerprint density at radius 1 is 1.53 bits per heavy atom. The number of hydrogen-bond donors (Lipinski definition) is 2. The summed E-state index contributed by atoms with van der Waals surface area (Å²) >= 11 is 0. The molecular formula is C14H29N3O2. The maximum Gasteiger partial charge on any atom is 0.237 e. The third-order valence-corrected chi connectivity index (χ3v) is 3.89. The summed E-state index contributed by atoms with van der Waals surface area (Å²) in [5, 5.41) is 3.18. The first-order chi connectivity index (χ1) is 8.98. The van der Waals surface area contributed by atoms with Crippen LogP contribution in [0.5, 0.6) is 0 Å². The van der Waals surface area contributed by atoms with Gasteiger partial charge in [0.15, 0.2) is 0 Å². The number of carbonyl (C=O) groups is 1. The Kier molecular flexibility index (Phi) is 6.75. The lowest BCUT2D eigenvalue weighted by molar-refractivity contribution is -0.124. The Balaban J connectivity index is 2.34. The summed E-state index contributed by atoms with van der Waals surface area (Å²) in [6.45, 7) is 7.27. The van der Waals surface area contributed by atoms with E-state index in [9.17, 15) is 4.79 Å². The lowest BCUT2D eigenvalue weighted by Gasteiger charge is -2.31. The fourth-order valence-corrected chi connectivity index (χ4v) is 2.49. The van der Waals surface area contributed by atoms with E-state index in [1.807, 2.05) is 13.8 Å². The zero-order valence-electron chi connectivity index (χ0n) is 12.6. The Morgan fingerprint density at radius 3 is 2.79 bits per heavy atom. The minimum atomic E-state index is -0.615. The first-order valence-electron chi connectivity index (χ1n) is 7.33. The molecular weight excluding hydrogens is 242 g/mol. The average Bonchev–Trinajstić information content (AvgIpc) is 2.38. The van der Waals surface area contributed by atoms with E-state index in [2.05, 4.69) is 17.3 Å². The topological polar surface area (TPSA) is 67.6 Å². The maximum atomic E-state index is 11.5. The molecule has 2 atom stereocenters. The van der Waals surface area contributed by atoms with Crippen LogP contribution in [0.2, 0.25) is 0 Å². The molecule has 1 saturated heterocycles. The van der Waals surface area contributed by atoms with Gasteiger partial charge >= 0.3 is 0 Å². The van der Waals surface area contributed by atoms with Gasteiger partial charge in [0.05, 0.1) is 11.6 Å². The molecule has 0 saturated carbocycles. The third kappa shape index (κ3) is 5.47. The van der Waals surface area contributed by atoms with Crippen LogP contribution >= 0.6 is 0 Å². The van der Waals surface area contributed by atoms with Crippen LogP contribution in [0, 0.1) is 0 Å². The first kappa shape index (κ1) is 16.4. The molecule has 1 fully saturated rings. The van der Waals surface area contributed by atoms with Gasteiger partial charge in [0.25, 0.3) is 0 Å². The summed E-state index contributed by atoms with van der Waals surface area (Å²) < 4.78 is 5.73.